The van der Waals surface area contributed by atoms with Crippen LogP contribution in [-0.4, -0.2) is 35.5 Å². The van der Waals surface area contributed by atoms with Crippen LogP contribution in [0.3, 0.4) is 0 Å². The average molecular weight is 304 g/mol. The molecular weight excluding hydrogens is 304 g/mol. The van der Waals surface area contributed by atoms with Crippen molar-refractivity contribution in [1.29, 1.82) is 0 Å². The van der Waals surface area contributed by atoms with Crippen molar-refractivity contribution in [3.05, 3.63) is 0 Å². The summed E-state index contributed by atoms with van der Waals surface area (Å²) in [5.41, 5.74) is 0. The van der Waals surface area contributed by atoms with E-state index in [4.69, 9.17) is 38.4 Å². The molecule has 0 spiro atoms. The van der Waals surface area contributed by atoms with Crippen LogP contribution in [0.5, 0.6) is 0 Å². The molecule has 0 bridgehead atoms. The summed E-state index contributed by atoms with van der Waals surface area (Å²) in [7, 11) is -11.2. The van der Waals surface area contributed by atoms with Crippen LogP contribution in [0.4, 0.5) is 0 Å². The van der Waals surface area contributed by atoms with E-state index in [1.54, 1.807) is 0 Å². The summed E-state index contributed by atoms with van der Waals surface area (Å²) in [5.74, 6) is 0. The summed E-state index contributed by atoms with van der Waals surface area (Å²) < 4.78 is 0. The summed E-state index contributed by atoms with van der Waals surface area (Å²) in [6.07, 6.45) is 0. The maximum absolute atomic E-state index is 8.58. The summed E-state index contributed by atoms with van der Waals surface area (Å²) >= 11 is 0. The second-order valence-electron chi connectivity index (χ2n) is 1.00. The van der Waals surface area contributed by atoms with Crippen LogP contribution in [0.15, 0.2) is 0 Å². The van der Waals surface area contributed by atoms with E-state index in [9.17, 15) is 0 Å². The Morgan fingerprint density at radius 3 is 0.500 bits per heavy atom. The maximum atomic E-state index is 8.58. The van der Waals surface area contributed by atoms with E-state index in [0.29, 0.717) is 0 Å². The Bertz CT molecular complexity index is 60.0. The molecule has 0 aliphatic carbocycles. The van der Waals surface area contributed by atoms with Gasteiger partial charge >= 0.3 is 39.7 Å². The molecule has 0 aliphatic rings. The molecule has 12 heavy (non-hydrogen) atoms. The third-order valence-electron chi connectivity index (χ3n) is 0. The van der Waals surface area contributed by atoms with Crippen molar-refractivity contribution in [3.8, 4) is 0 Å². The molecule has 0 aromatic rings. The fourth-order valence-electron chi connectivity index (χ4n) is 0. The minimum absolute atomic E-state index is 0. The van der Waals surface area contributed by atoms with Gasteiger partial charge in [-0.3, -0.25) is 0 Å². The predicted molar refractivity (Wildman–Crippen MR) is 17.3 cm³/mol. The van der Waals surface area contributed by atoms with Gasteiger partial charge in [-0.1, -0.05) is 0 Å². The SMILES string of the molecule is [Al+3].[Nb+5].[O-][Si]([O-])([O-])[O-].[O-][Si]([O-])([O-])[O-]. The van der Waals surface area contributed by atoms with Gasteiger partial charge in [0.2, 0.25) is 0 Å². The first kappa shape index (κ1) is 23.3. The van der Waals surface area contributed by atoms with Gasteiger partial charge in [0.15, 0.2) is 0 Å². The molecule has 0 radical (unpaired) electrons. The van der Waals surface area contributed by atoms with Gasteiger partial charge in [0.25, 0.3) is 0 Å². The van der Waals surface area contributed by atoms with Gasteiger partial charge in [-0.15, -0.1) is 0 Å². The monoisotopic (exact) mass is 304 g/mol. The van der Waals surface area contributed by atoms with E-state index in [0.717, 1.165) is 0 Å². The first-order chi connectivity index (χ1) is 4.00. The predicted octanol–water partition coefficient (Wildman–Crippen LogP) is -10.7. The first-order valence-corrected chi connectivity index (χ1v) is 4.90. The molecule has 0 saturated heterocycles. The van der Waals surface area contributed by atoms with E-state index in [1.807, 2.05) is 0 Å². The summed E-state index contributed by atoms with van der Waals surface area (Å²) in [4.78, 5) is 68.6. The van der Waals surface area contributed by atoms with Crippen LogP contribution < -0.4 is 38.4 Å². The van der Waals surface area contributed by atoms with Gasteiger partial charge in [-0.05, 0) is 0 Å². The van der Waals surface area contributed by atoms with E-state index < -0.39 is 18.1 Å². The van der Waals surface area contributed by atoms with Gasteiger partial charge in [-0.25, -0.2) is 0 Å². The van der Waals surface area contributed by atoms with Gasteiger partial charge in [-0.2, -0.15) is 0 Å². The van der Waals surface area contributed by atoms with E-state index >= 15 is 0 Å². The molecule has 0 aliphatic heterocycles. The van der Waals surface area contributed by atoms with Crippen molar-refractivity contribution >= 4 is 35.5 Å². The van der Waals surface area contributed by atoms with Crippen LogP contribution in [0.25, 0.3) is 0 Å². The molecule has 0 saturated carbocycles. The Kier molecular flexibility index (Phi) is 17.4. The molecule has 0 aromatic heterocycles. The van der Waals surface area contributed by atoms with Gasteiger partial charge in [0, 0.05) is 0 Å². The third kappa shape index (κ3) is 639. The molecule has 12 heteroatoms. The molecule has 0 aromatic carbocycles. The summed E-state index contributed by atoms with van der Waals surface area (Å²) in [5, 5.41) is 0. The molecule has 0 amide bonds. The Morgan fingerprint density at radius 2 is 0.500 bits per heavy atom. The molecule has 8 nitrogen and oxygen atoms in total. The van der Waals surface area contributed by atoms with Gasteiger partial charge in [0.1, 0.15) is 0 Å². The zero-order chi connectivity index (χ0) is 9.00. The minimum Gasteiger partial charge on any atom is -0.894 e. The molecular formula is AlNbO8Si2. The Hall–Kier alpha value is 1.39. The molecule has 0 rings (SSSR count). The van der Waals surface area contributed by atoms with Crippen molar-refractivity contribution in [2.45, 2.75) is 0 Å². The molecule has 64 valence electrons. The second kappa shape index (κ2) is 8.96. The van der Waals surface area contributed by atoms with E-state index in [2.05, 4.69) is 0 Å². The van der Waals surface area contributed by atoms with Crippen molar-refractivity contribution in [2.75, 3.05) is 0 Å². The van der Waals surface area contributed by atoms with Crippen LogP contribution >= 0.6 is 0 Å². The van der Waals surface area contributed by atoms with Crippen molar-refractivity contribution in [2.24, 2.45) is 0 Å². The zero-order valence-electron chi connectivity index (χ0n) is 5.29. The standard InChI is InChI=1S/Al.Nb.2O4Si/c;;2*1-5(2,3)4/q+3;+5;2*-4. The zero-order valence-corrected chi connectivity index (χ0v) is 10.6. The molecule has 0 fully saturated rings. The van der Waals surface area contributed by atoms with Gasteiger partial charge < -0.3 is 56.5 Å². The molecule has 0 N–H and O–H groups in total. The molecule has 0 heterocycles. The first-order valence-electron chi connectivity index (χ1n) is 1.63. The maximum Gasteiger partial charge on any atom is 5.00 e. The van der Waals surface area contributed by atoms with Crippen molar-refractivity contribution in [3.63, 3.8) is 0 Å². The Balaban J connectivity index is -0.0000000457. The van der Waals surface area contributed by atoms with Crippen LogP contribution in [0.2, 0.25) is 0 Å². The van der Waals surface area contributed by atoms with Crippen LogP contribution in [0.1, 0.15) is 0 Å². The Labute approximate surface area is 96.0 Å². The fourth-order valence-corrected chi connectivity index (χ4v) is 0. The number of hydrogen-bond acceptors (Lipinski definition) is 8. The Morgan fingerprint density at radius 1 is 0.500 bits per heavy atom. The van der Waals surface area contributed by atoms with E-state index in [1.165, 1.54) is 0 Å². The van der Waals surface area contributed by atoms with Crippen molar-refractivity contribution in [1.82, 2.24) is 0 Å². The second-order valence-corrected chi connectivity index (χ2v) is 3.00. The minimum atomic E-state index is -5.61. The smallest absolute Gasteiger partial charge is 0.894 e. The largest absolute Gasteiger partial charge is 5.00 e. The third-order valence-corrected chi connectivity index (χ3v) is 0. The molecule has 0 unspecified atom stereocenters. The number of rotatable bonds is 0. The van der Waals surface area contributed by atoms with Gasteiger partial charge in [0.05, 0.1) is 0 Å². The molecule has 0 atom stereocenters. The summed E-state index contributed by atoms with van der Waals surface area (Å²) in [6, 6.07) is 0. The summed E-state index contributed by atoms with van der Waals surface area (Å²) in [6.45, 7) is 0. The quantitative estimate of drug-likeness (QED) is 0.394. The van der Waals surface area contributed by atoms with E-state index in [-0.39, 0.29) is 39.7 Å². The normalized spacial score (nSPS) is 10.0. The topological polar surface area (TPSA) is 184 Å². The van der Waals surface area contributed by atoms with Crippen molar-refractivity contribution < 1.29 is 60.7 Å². The van der Waals surface area contributed by atoms with Crippen LogP contribution in [0, 0.1) is 0 Å². The average Bonchev–Trinajstić information content (AvgIpc) is 1.12. The fraction of sp³-hybridized carbons (Fsp3) is 0. The number of hydrogen-bond donors (Lipinski definition) is 0. The van der Waals surface area contributed by atoms with Crippen LogP contribution in [-0.2, 0) is 22.4 Å².